The summed E-state index contributed by atoms with van der Waals surface area (Å²) < 4.78 is 9.35. The van der Waals surface area contributed by atoms with Crippen LogP contribution in [0.15, 0.2) is 36.4 Å². The number of para-hydroxylation sites is 2. The summed E-state index contributed by atoms with van der Waals surface area (Å²) >= 11 is 0. The first kappa shape index (κ1) is 19.0. The van der Waals surface area contributed by atoms with Gasteiger partial charge < -0.3 is 29.9 Å². The molecule has 0 atom stereocenters. The monoisotopic (exact) mass is 398 g/mol. The predicted molar refractivity (Wildman–Crippen MR) is 74.0 cm³/mol. The van der Waals surface area contributed by atoms with E-state index < -0.39 is 11.5 Å². The van der Waals surface area contributed by atoms with Crippen LogP contribution in [0.2, 0.25) is 0 Å². The molecular formula is C14H14O6Sn. The summed E-state index contributed by atoms with van der Waals surface area (Å²) in [5.74, 6) is -1.06. The number of rotatable bonds is 2. The van der Waals surface area contributed by atoms with Crippen molar-refractivity contribution in [1.82, 2.24) is 0 Å². The fraction of sp³-hybridized carbons (Fsp3) is 0.143. The van der Waals surface area contributed by atoms with Gasteiger partial charge in [-0.05, 0) is 12.1 Å². The van der Waals surface area contributed by atoms with Crippen LogP contribution in [0.3, 0.4) is 0 Å². The van der Waals surface area contributed by atoms with Gasteiger partial charge in [-0.3, -0.25) is 0 Å². The maximum Gasteiger partial charge on any atom is 2.00 e. The topological polar surface area (TPSA) is 105 Å². The van der Waals surface area contributed by atoms with Crippen LogP contribution in [-0.4, -0.2) is 48.3 Å². The van der Waals surface area contributed by atoms with Crippen molar-refractivity contribution < 1.29 is 29.9 Å². The Hall–Kier alpha value is -1.96. The number of methoxy groups -OCH3 is 2. The SMILES string of the molecule is COc1cccc([O-])c1O.COc1cccc([O-])c1O.[Sn+2]. The average molecular weight is 397 g/mol. The molecule has 0 aliphatic rings. The first-order chi connectivity index (χ1) is 9.51. The minimum Gasteiger partial charge on any atom is -0.870 e. The summed E-state index contributed by atoms with van der Waals surface area (Å²) in [5, 5.41) is 39.3. The molecule has 7 heteroatoms. The van der Waals surface area contributed by atoms with E-state index in [1.54, 1.807) is 0 Å². The Bertz CT molecular complexity index is 522. The zero-order valence-corrected chi connectivity index (χ0v) is 14.3. The molecule has 2 N–H and O–H groups in total. The van der Waals surface area contributed by atoms with E-state index in [9.17, 15) is 10.2 Å². The summed E-state index contributed by atoms with van der Waals surface area (Å²) in [6, 6.07) is 8.66. The molecule has 0 heterocycles. The fourth-order valence-corrected chi connectivity index (χ4v) is 1.33. The molecule has 0 spiro atoms. The zero-order chi connectivity index (χ0) is 15.1. The second-order valence-electron chi connectivity index (χ2n) is 3.61. The minimum atomic E-state index is -0.417. The molecule has 2 rings (SSSR count). The molecule has 21 heavy (non-hydrogen) atoms. The predicted octanol–water partition coefficient (Wildman–Crippen LogP) is 0.568. The Labute approximate surface area is 139 Å². The van der Waals surface area contributed by atoms with Gasteiger partial charge in [-0.25, -0.2) is 0 Å². The largest absolute Gasteiger partial charge is 2.00 e. The summed E-state index contributed by atoms with van der Waals surface area (Å²) in [6.07, 6.45) is 0. The van der Waals surface area contributed by atoms with Crippen molar-refractivity contribution in [2.24, 2.45) is 0 Å². The van der Waals surface area contributed by atoms with E-state index in [1.807, 2.05) is 0 Å². The normalized spacial score (nSPS) is 8.86. The molecular weight excluding hydrogens is 383 g/mol. The van der Waals surface area contributed by atoms with Crippen LogP contribution in [-0.2, 0) is 0 Å². The molecule has 2 aromatic carbocycles. The zero-order valence-electron chi connectivity index (χ0n) is 11.5. The molecule has 0 unspecified atom stereocenters. The number of phenols is 2. The Morgan fingerprint density at radius 1 is 0.762 bits per heavy atom. The Balaban J connectivity index is 0.000000364. The molecule has 0 saturated heterocycles. The number of hydrogen-bond donors (Lipinski definition) is 2. The molecule has 6 nitrogen and oxygen atoms in total. The van der Waals surface area contributed by atoms with E-state index >= 15 is 0 Å². The van der Waals surface area contributed by atoms with E-state index in [1.165, 1.54) is 50.6 Å². The maximum absolute atomic E-state index is 10.7. The Morgan fingerprint density at radius 3 is 1.33 bits per heavy atom. The minimum absolute atomic E-state index is 0. The molecule has 2 aromatic rings. The van der Waals surface area contributed by atoms with Gasteiger partial charge in [0, 0.05) is 0 Å². The van der Waals surface area contributed by atoms with Crippen molar-refractivity contribution in [2.75, 3.05) is 14.2 Å². The van der Waals surface area contributed by atoms with Crippen molar-refractivity contribution in [3.05, 3.63) is 36.4 Å². The molecule has 0 fully saturated rings. The van der Waals surface area contributed by atoms with Gasteiger partial charge in [0.25, 0.3) is 0 Å². The number of aromatic hydroxyl groups is 2. The van der Waals surface area contributed by atoms with Crippen molar-refractivity contribution in [2.45, 2.75) is 0 Å². The third-order valence-electron chi connectivity index (χ3n) is 2.36. The molecule has 0 aliphatic heterocycles. The smallest absolute Gasteiger partial charge is 0.870 e. The van der Waals surface area contributed by atoms with Gasteiger partial charge in [0.2, 0.25) is 0 Å². The quantitative estimate of drug-likeness (QED) is 0.719. The summed E-state index contributed by atoms with van der Waals surface area (Å²) in [5.41, 5.74) is 0. The summed E-state index contributed by atoms with van der Waals surface area (Å²) in [7, 11) is 2.79. The molecule has 0 amide bonds. The van der Waals surface area contributed by atoms with E-state index in [0.717, 1.165) is 0 Å². The van der Waals surface area contributed by atoms with Gasteiger partial charge in [0.15, 0.2) is 11.5 Å². The number of phenolic OH excluding ortho intramolecular Hbond substituents is 2. The van der Waals surface area contributed by atoms with Crippen LogP contribution in [0.1, 0.15) is 0 Å². The fourth-order valence-electron chi connectivity index (χ4n) is 1.33. The van der Waals surface area contributed by atoms with Crippen molar-refractivity contribution in [3.8, 4) is 34.5 Å². The number of hydrogen-bond acceptors (Lipinski definition) is 6. The molecule has 0 aromatic heterocycles. The van der Waals surface area contributed by atoms with E-state index in [0.29, 0.717) is 0 Å². The second kappa shape index (κ2) is 9.06. The van der Waals surface area contributed by atoms with Gasteiger partial charge >= 0.3 is 23.9 Å². The second-order valence-corrected chi connectivity index (χ2v) is 3.61. The first-order valence-corrected chi connectivity index (χ1v) is 5.57. The van der Waals surface area contributed by atoms with E-state index in [4.69, 9.17) is 10.2 Å². The van der Waals surface area contributed by atoms with Crippen LogP contribution < -0.4 is 19.7 Å². The number of ether oxygens (including phenoxy) is 2. The van der Waals surface area contributed by atoms with Gasteiger partial charge in [-0.1, -0.05) is 35.8 Å². The van der Waals surface area contributed by atoms with Crippen LogP contribution >= 0.6 is 0 Å². The molecule has 2 radical (unpaired) electrons. The van der Waals surface area contributed by atoms with Gasteiger partial charge in [-0.15, -0.1) is 0 Å². The summed E-state index contributed by atoms with van der Waals surface area (Å²) in [4.78, 5) is 0. The third kappa shape index (κ3) is 5.14. The van der Waals surface area contributed by atoms with Gasteiger partial charge in [-0.2, -0.15) is 0 Å². The van der Waals surface area contributed by atoms with Crippen molar-refractivity contribution in [1.29, 1.82) is 0 Å². The maximum atomic E-state index is 10.7. The molecule has 0 saturated carbocycles. The van der Waals surface area contributed by atoms with E-state index in [2.05, 4.69) is 9.47 Å². The van der Waals surface area contributed by atoms with Gasteiger partial charge in [0.1, 0.15) is 11.5 Å². The van der Waals surface area contributed by atoms with Gasteiger partial charge in [0.05, 0.1) is 14.2 Å². The first-order valence-electron chi connectivity index (χ1n) is 5.57. The van der Waals surface area contributed by atoms with Crippen LogP contribution in [0.25, 0.3) is 0 Å². The molecule has 0 aliphatic carbocycles. The Morgan fingerprint density at radius 2 is 1.10 bits per heavy atom. The Kier molecular flexibility index (Phi) is 8.22. The average Bonchev–Trinajstić information content (AvgIpc) is 2.45. The van der Waals surface area contributed by atoms with Crippen molar-refractivity contribution in [3.63, 3.8) is 0 Å². The third-order valence-corrected chi connectivity index (χ3v) is 2.36. The summed E-state index contributed by atoms with van der Waals surface area (Å²) in [6.45, 7) is 0. The number of benzene rings is 2. The van der Waals surface area contributed by atoms with Crippen LogP contribution in [0, 0.1) is 0 Å². The van der Waals surface area contributed by atoms with Crippen molar-refractivity contribution >= 4 is 23.9 Å². The van der Waals surface area contributed by atoms with Crippen LogP contribution in [0.5, 0.6) is 34.5 Å². The molecule has 110 valence electrons. The standard InChI is InChI=1S/2C7H8O3.Sn/c2*1-10-6-4-2-3-5(8)7(6)9;/h2*2-4,8-9H,1H3;/q;;+2/p-2. The van der Waals surface area contributed by atoms with Crippen LogP contribution in [0.4, 0.5) is 0 Å². The van der Waals surface area contributed by atoms with E-state index in [-0.39, 0.29) is 46.9 Å². The molecule has 0 bridgehead atoms.